The van der Waals surface area contributed by atoms with Gasteiger partial charge in [0.05, 0.1) is 26.9 Å². The minimum atomic E-state index is -0.344. The molecule has 1 aromatic carbocycles. The second-order valence-electron chi connectivity index (χ2n) is 4.11. The normalized spacial score (nSPS) is 14.4. The van der Waals surface area contributed by atoms with Crippen LogP contribution in [0.25, 0.3) is 5.57 Å². The Morgan fingerprint density at radius 2 is 1.74 bits per heavy atom. The summed E-state index contributed by atoms with van der Waals surface area (Å²) >= 11 is 0. The van der Waals surface area contributed by atoms with Crippen LogP contribution in [0.15, 0.2) is 17.7 Å². The van der Waals surface area contributed by atoms with E-state index in [1.807, 2.05) is 6.92 Å². The zero-order valence-electron chi connectivity index (χ0n) is 11.4. The molecule has 0 saturated carbocycles. The molecule has 5 heteroatoms. The highest BCUT2D eigenvalue weighted by atomic mass is 16.5. The average molecular weight is 264 g/mol. The maximum absolute atomic E-state index is 11.8. The lowest BCUT2D eigenvalue weighted by Crippen LogP contribution is -2.03. The number of benzene rings is 1. The second kappa shape index (κ2) is 5.22. The fourth-order valence-corrected chi connectivity index (χ4v) is 2.13. The number of rotatable bonds is 4. The molecule has 2 rings (SSSR count). The molecule has 0 spiro atoms. The van der Waals surface area contributed by atoms with Crippen molar-refractivity contribution in [3.8, 4) is 17.2 Å². The van der Waals surface area contributed by atoms with Crippen LogP contribution in [0.5, 0.6) is 17.2 Å². The average Bonchev–Trinajstić information content (AvgIpc) is 2.76. The Morgan fingerprint density at radius 1 is 1.05 bits per heavy atom. The van der Waals surface area contributed by atoms with Crippen LogP contribution in [0.4, 0.5) is 0 Å². The molecule has 0 aliphatic carbocycles. The van der Waals surface area contributed by atoms with Gasteiger partial charge in [0.1, 0.15) is 6.61 Å². The molecule has 0 N–H and O–H groups in total. The molecule has 0 fully saturated rings. The molecular formula is C14H16O5. The number of ether oxygens (including phenoxy) is 4. The third kappa shape index (κ3) is 2.12. The van der Waals surface area contributed by atoms with E-state index in [2.05, 4.69) is 0 Å². The first kappa shape index (κ1) is 13.3. The molecule has 0 unspecified atom stereocenters. The van der Waals surface area contributed by atoms with Crippen LogP contribution in [0.1, 0.15) is 12.5 Å². The van der Waals surface area contributed by atoms with Gasteiger partial charge in [0.2, 0.25) is 5.75 Å². The van der Waals surface area contributed by atoms with Gasteiger partial charge in [0.25, 0.3) is 0 Å². The third-order valence-corrected chi connectivity index (χ3v) is 3.02. The van der Waals surface area contributed by atoms with Gasteiger partial charge in [-0.25, -0.2) is 4.79 Å². The van der Waals surface area contributed by atoms with Gasteiger partial charge in [-0.05, 0) is 24.6 Å². The van der Waals surface area contributed by atoms with Crippen molar-refractivity contribution < 1.29 is 23.7 Å². The van der Waals surface area contributed by atoms with Crippen molar-refractivity contribution in [1.82, 2.24) is 0 Å². The van der Waals surface area contributed by atoms with Crippen molar-refractivity contribution in [3.63, 3.8) is 0 Å². The standard InChI is InChI=1S/C14H16O5/c1-8-7-19-14(15)11(8)9-5-6-10(16-2)13(18-4)12(9)17-3/h5-6H,7H2,1-4H3. The molecule has 1 aromatic rings. The number of methoxy groups -OCH3 is 3. The van der Waals surface area contributed by atoms with Gasteiger partial charge < -0.3 is 18.9 Å². The minimum absolute atomic E-state index is 0.311. The fourth-order valence-electron chi connectivity index (χ4n) is 2.13. The summed E-state index contributed by atoms with van der Waals surface area (Å²) in [5.74, 6) is 1.13. The Balaban J connectivity index is 2.65. The molecule has 0 saturated heterocycles. The Morgan fingerprint density at radius 3 is 2.21 bits per heavy atom. The zero-order valence-corrected chi connectivity index (χ0v) is 11.4. The van der Waals surface area contributed by atoms with Crippen LogP contribution >= 0.6 is 0 Å². The molecule has 5 nitrogen and oxygen atoms in total. The lowest BCUT2D eigenvalue weighted by atomic mass is 10.0. The molecule has 0 bridgehead atoms. The summed E-state index contributed by atoms with van der Waals surface area (Å²) in [7, 11) is 4.60. The molecule has 0 radical (unpaired) electrons. The quantitative estimate of drug-likeness (QED) is 0.779. The van der Waals surface area contributed by atoms with Crippen LogP contribution in [-0.2, 0) is 9.53 Å². The minimum Gasteiger partial charge on any atom is -0.493 e. The second-order valence-corrected chi connectivity index (χ2v) is 4.11. The van der Waals surface area contributed by atoms with E-state index in [0.29, 0.717) is 35.0 Å². The van der Waals surface area contributed by atoms with Crippen LogP contribution in [0.2, 0.25) is 0 Å². The summed E-state index contributed by atoms with van der Waals surface area (Å²) in [5, 5.41) is 0. The number of carbonyl (C=O) groups is 1. The van der Waals surface area contributed by atoms with Gasteiger partial charge in [-0.1, -0.05) is 0 Å². The van der Waals surface area contributed by atoms with E-state index in [0.717, 1.165) is 5.57 Å². The Labute approximate surface area is 111 Å². The highest BCUT2D eigenvalue weighted by Crippen LogP contribution is 2.44. The van der Waals surface area contributed by atoms with E-state index in [4.69, 9.17) is 18.9 Å². The number of hydrogen-bond acceptors (Lipinski definition) is 5. The van der Waals surface area contributed by atoms with Gasteiger partial charge >= 0.3 is 5.97 Å². The topological polar surface area (TPSA) is 54.0 Å². The maximum Gasteiger partial charge on any atom is 0.339 e. The van der Waals surface area contributed by atoms with Crippen molar-refractivity contribution in [2.75, 3.05) is 27.9 Å². The van der Waals surface area contributed by atoms with Crippen LogP contribution in [0, 0.1) is 0 Å². The summed E-state index contributed by atoms with van der Waals surface area (Å²) < 4.78 is 20.9. The van der Waals surface area contributed by atoms with E-state index in [1.165, 1.54) is 14.2 Å². The first-order chi connectivity index (χ1) is 9.13. The van der Waals surface area contributed by atoms with Gasteiger partial charge in [-0.15, -0.1) is 0 Å². The number of cyclic esters (lactones) is 1. The molecule has 1 aliphatic rings. The van der Waals surface area contributed by atoms with E-state index in [-0.39, 0.29) is 5.97 Å². The van der Waals surface area contributed by atoms with Crippen molar-refractivity contribution in [2.45, 2.75) is 6.92 Å². The van der Waals surface area contributed by atoms with Gasteiger partial charge in [0.15, 0.2) is 11.5 Å². The summed E-state index contributed by atoms with van der Waals surface area (Å²) in [6, 6.07) is 3.51. The molecule has 0 amide bonds. The lowest BCUT2D eigenvalue weighted by molar-refractivity contribution is -0.134. The van der Waals surface area contributed by atoms with E-state index in [1.54, 1.807) is 19.2 Å². The largest absolute Gasteiger partial charge is 0.493 e. The zero-order chi connectivity index (χ0) is 14.0. The first-order valence-corrected chi connectivity index (χ1v) is 5.80. The van der Waals surface area contributed by atoms with E-state index in [9.17, 15) is 4.79 Å². The summed E-state index contributed by atoms with van der Waals surface area (Å²) in [5.41, 5.74) is 2.05. The number of hydrogen-bond donors (Lipinski definition) is 0. The molecule has 19 heavy (non-hydrogen) atoms. The molecule has 1 heterocycles. The van der Waals surface area contributed by atoms with Gasteiger partial charge in [0, 0.05) is 5.56 Å². The Bertz CT molecular complexity index is 545. The first-order valence-electron chi connectivity index (χ1n) is 5.80. The van der Waals surface area contributed by atoms with Crippen LogP contribution < -0.4 is 14.2 Å². The van der Waals surface area contributed by atoms with Gasteiger partial charge in [-0.3, -0.25) is 0 Å². The van der Waals surface area contributed by atoms with Crippen LogP contribution in [0.3, 0.4) is 0 Å². The summed E-state index contributed by atoms with van der Waals surface area (Å²) in [6.45, 7) is 2.17. The van der Waals surface area contributed by atoms with Crippen LogP contribution in [-0.4, -0.2) is 33.9 Å². The molecule has 0 atom stereocenters. The van der Waals surface area contributed by atoms with Gasteiger partial charge in [-0.2, -0.15) is 0 Å². The summed E-state index contributed by atoms with van der Waals surface area (Å²) in [6.07, 6.45) is 0. The number of carbonyl (C=O) groups excluding carboxylic acids is 1. The van der Waals surface area contributed by atoms with Crippen molar-refractivity contribution in [2.24, 2.45) is 0 Å². The van der Waals surface area contributed by atoms with E-state index < -0.39 is 0 Å². The van der Waals surface area contributed by atoms with Crippen molar-refractivity contribution in [1.29, 1.82) is 0 Å². The SMILES string of the molecule is COc1ccc(C2=C(C)COC2=O)c(OC)c1OC. The lowest BCUT2D eigenvalue weighted by Gasteiger charge is -2.15. The third-order valence-electron chi connectivity index (χ3n) is 3.02. The molecule has 0 aromatic heterocycles. The Kier molecular flexibility index (Phi) is 3.64. The summed E-state index contributed by atoms with van der Waals surface area (Å²) in [4.78, 5) is 11.8. The predicted octanol–water partition coefficient (Wildman–Crippen LogP) is 2.04. The molecule has 102 valence electrons. The highest BCUT2D eigenvalue weighted by Gasteiger charge is 2.28. The predicted molar refractivity (Wildman–Crippen MR) is 69.7 cm³/mol. The van der Waals surface area contributed by atoms with E-state index >= 15 is 0 Å². The molecule has 1 aliphatic heterocycles. The monoisotopic (exact) mass is 264 g/mol. The fraction of sp³-hybridized carbons (Fsp3) is 0.357. The molecular weight excluding hydrogens is 248 g/mol. The maximum atomic E-state index is 11.8. The smallest absolute Gasteiger partial charge is 0.339 e. The van der Waals surface area contributed by atoms with Crippen molar-refractivity contribution >= 4 is 11.5 Å². The number of esters is 1. The highest BCUT2D eigenvalue weighted by molar-refractivity contribution is 6.20. The Hall–Kier alpha value is -2.17. The van der Waals surface area contributed by atoms with Crippen molar-refractivity contribution in [3.05, 3.63) is 23.3 Å².